The van der Waals surface area contributed by atoms with Crippen LogP contribution in [0.4, 0.5) is 11.5 Å². The summed E-state index contributed by atoms with van der Waals surface area (Å²) in [5.74, 6) is 0.175. The lowest BCUT2D eigenvalue weighted by molar-refractivity contribution is -0.155. The van der Waals surface area contributed by atoms with Crippen molar-refractivity contribution in [3.63, 3.8) is 0 Å². The number of aromatic nitrogens is 1. The van der Waals surface area contributed by atoms with Crippen molar-refractivity contribution in [1.29, 1.82) is 0 Å². The van der Waals surface area contributed by atoms with Crippen LogP contribution in [-0.2, 0) is 14.3 Å². The van der Waals surface area contributed by atoms with Crippen molar-refractivity contribution in [3.05, 3.63) is 54.2 Å². The molecular formula is C23H27N3O3. The average molecular weight is 393 g/mol. The van der Waals surface area contributed by atoms with E-state index in [1.807, 2.05) is 56.3 Å². The number of nitrogens with one attached hydrogen (secondary N) is 1. The van der Waals surface area contributed by atoms with Crippen molar-refractivity contribution in [2.75, 3.05) is 16.8 Å². The van der Waals surface area contributed by atoms with E-state index in [1.54, 1.807) is 11.1 Å². The van der Waals surface area contributed by atoms with Crippen molar-refractivity contribution in [3.8, 4) is 0 Å². The van der Waals surface area contributed by atoms with Gasteiger partial charge in [-0.05, 0) is 49.4 Å². The van der Waals surface area contributed by atoms with Gasteiger partial charge in [0.05, 0.1) is 18.3 Å². The molecule has 1 aromatic heterocycles. The number of amides is 1. The summed E-state index contributed by atoms with van der Waals surface area (Å²) in [7, 11) is 0. The van der Waals surface area contributed by atoms with Crippen LogP contribution in [0.2, 0.25) is 0 Å². The topological polar surface area (TPSA) is 71.5 Å². The molecule has 2 aromatic rings. The van der Waals surface area contributed by atoms with Crippen LogP contribution in [0.15, 0.2) is 48.7 Å². The molecule has 2 aliphatic rings. The molecule has 1 amide bonds. The van der Waals surface area contributed by atoms with E-state index < -0.39 is 5.54 Å². The third-order valence-electron chi connectivity index (χ3n) is 6.16. The average Bonchev–Trinajstić information content (AvgIpc) is 3.56. The second-order valence-corrected chi connectivity index (χ2v) is 7.86. The highest BCUT2D eigenvalue weighted by atomic mass is 16.5. The number of carbonyl (C=O) groups excluding carboxylic acids is 2. The Balaban J connectivity index is 1.90. The van der Waals surface area contributed by atoms with Crippen LogP contribution in [0.5, 0.6) is 0 Å². The van der Waals surface area contributed by atoms with Crippen molar-refractivity contribution in [2.45, 2.75) is 45.2 Å². The van der Waals surface area contributed by atoms with E-state index in [0.717, 1.165) is 29.9 Å². The zero-order chi connectivity index (χ0) is 20.6. The molecule has 0 bridgehead atoms. The van der Waals surface area contributed by atoms with Gasteiger partial charge in [-0.3, -0.25) is 9.69 Å². The summed E-state index contributed by atoms with van der Waals surface area (Å²) >= 11 is 0. The maximum Gasteiger partial charge on any atom is 0.333 e. The molecule has 0 spiro atoms. The largest absolute Gasteiger partial charge is 0.464 e. The Kier molecular flexibility index (Phi) is 5.03. The summed E-state index contributed by atoms with van der Waals surface area (Å²) in [6.45, 7) is 5.67. The van der Waals surface area contributed by atoms with Gasteiger partial charge in [-0.2, -0.15) is 0 Å². The molecule has 4 rings (SSSR count). The minimum Gasteiger partial charge on any atom is -0.464 e. The van der Waals surface area contributed by atoms with E-state index in [2.05, 4.69) is 10.3 Å². The van der Waals surface area contributed by atoms with Crippen molar-refractivity contribution in [2.24, 2.45) is 11.8 Å². The Hall–Kier alpha value is -2.89. The number of hydrogen-bond donors (Lipinski definition) is 1. The van der Waals surface area contributed by atoms with Gasteiger partial charge in [0.25, 0.3) is 0 Å². The fourth-order valence-corrected chi connectivity index (χ4v) is 4.89. The summed E-state index contributed by atoms with van der Waals surface area (Å²) in [5.41, 5.74) is 0.732. The van der Waals surface area contributed by atoms with E-state index in [9.17, 15) is 9.59 Å². The number of pyridine rings is 1. The molecule has 0 saturated heterocycles. The molecule has 152 valence electrons. The lowest BCUT2D eigenvalue weighted by atomic mass is 9.69. The number of fused-ring (bicyclic) bond motifs is 1. The standard InChI is InChI=1S/C23H27N3O3/c1-4-29-22(28)23(17-12-13-17)15(2)21(25-20-11-7-8-14-24-20)18-9-5-6-10-19(18)26(23)16(3)27/h5-11,14-15,17,21H,4,12-13H2,1-3H3,(H,24,25)/t15-,21-,23-/m1/s1. The first-order valence-corrected chi connectivity index (χ1v) is 10.3. The number of ether oxygens (including phenoxy) is 1. The molecule has 3 atom stereocenters. The molecular weight excluding hydrogens is 366 g/mol. The number of benzene rings is 1. The summed E-state index contributed by atoms with van der Waals surface area (Å²) in [6, 6.07) is 13.3. The first-order chi connectivity index (χ1) is 14.0. The molecule has 29 heavy (non-hydrogen) atoms. The van der Waals surface area contributed by atoms with E-state index in [-0.39, 0.29) is 36.4 Å². The number of anilines is 2. The molecule has 1 aromatic carbocycles. The van der Waals surface area contributed by atoms with Crippen LogP contribution in [-0.4, -0.2) is 29.0 Å². The predicted molar refractivity (Wildman–Crippen MR) is 111 cm³/mol. The maximum atomic E-state index is 13.5. The molecule has 2 heterocycles. The number of carbonyl (C=O) groups is 2. The minimum atomic E-state index is -1.03. The first-order valence-electron chi connectivity index (χ1n) is 10.3. The van der Waals surface area contributed by atoms with Crippen molar-refractivity contribution < 1.29 is 14.3 Å². The number of para-hydroxylation sites is 1. The monoisotopic (exact) mass is 393 g/mol. The maximum absolute atomic E-state index is 13.5. The number of rotatable bonds is 5. The lowest BCUT2D eigenvalue weighted by Crippen LogP contribution is -2.67. The Bertz CT molecular complexity index is 913. The van der Waals surface area contributed by atoms with Crippen LogP contribution >= 0.6 is 0 Å². The Morgan fingerprint density at radius 3 is 2.55 bits per heavy atom. The van der Waals surface area contributed by atoms with Gasteiger partial charge in [0.2, 0.25) is 5.91 Å². The second kappa shape index (κ2) is 7.50. The second-order valence-electron chi connectivity index (χ2n) is 7.86. The number of esters is 1. The van der Waals surface area contributed by atoms with Crippen LogP contribution in [0.3, 0.4) is 0 Å². The SMILES string of the molecule is CCOC(=O)[C@]1(C2CC2)[C@H](C)[C@@H](Nc2ccccn2)c2ccccc2N1C(C)=O. The zero-order valence-electron chi connectivity index (χ0n) is 17.1. The van der Waals surface area contributed by atoms with Crippen LogP contribution in [0, 0.1) is 11.8 Å². The van der Waals surface area contributed by atoms with Crippen LogP contribution in [0.1, 0.15) is 45.2 Å². The molecule has 0 radical (unpaired) electrons. The fourth-order valence-electron chi connectivity index (χ4n) is 4.89. The van der Waals surface area contributed by atoms with E-state index >= 15 is 0 Å². The molecule has 1 fully saturated rings. The first kappa shape index (κ1) is 19.4. The van der Waals surface area contributed by atoms with Crippen LogP contribution in [0.25, 0.3) is 0 Å². The summed E-state index contributed by atoms with van der Waals surface area (Å²) < 4.78 is 5.57. The molecule has 6 heteroatoms. The molecule has 1 aliphatic heterocycles. The van der Waals surface area contributed by atoms with Gasteiger partial charge in [-0.25, -0.2) is 9.78 Å². The van der Waals surface area contributed by atoms with Crippen molar-refractivity contribution in [1.82, 2.24) is 4.98 Å². The summed E-state index contributed by atoms with van der Waals surface area (Å²) in [5, 5.41) is 3.52. The minimum absolute atomic E-state index is 0.0850. The molecule has 0 unspecified atom stereocenters. The van der Waals surface area contributed by atoms with Gasteiger partial charge in [-0.15, -0.1) is 0 Å². The third-order valence-corrected chi connectivity index (χ3v) is 6.16. The smallest absolute Gasteiger partial charge is 0.333 e. The third kappa shape index (κ3) is 3.07. The highest BCUT2D eigenvalue weighted by Crippen LogP contribution is 2.57. The van der Waals surface area contributed by atoms with Gasteiger partial charge in [0.1, 0.15) is 5.82 Å². The quantitative estimate of drug-likeness (QED) is 0.779. The highest BCUT2D eigenvalue weighted by molar-refractivity contribution is 6.03. The Morgan fingerprint density at radius 2 is 1.93 bits per heavy atom. The number of hydrogen-bond acceptors (Lipinski definition) is 5. The lowest BCUT2D eigenvalue weighted by Gasteiger charge is -2.52. The molecule has 6 nitrogen and oxygen atoms in total. The van der Waals surface area contributed by atoms with Gasteiger partial charge in [0.15, 0.2) is 5.54 Å². The van der Waals surface area contributed by atoms with Gasteiger partial charge in [-0.1, -0.05) is 31.2 Å². The van der Waals surface area contributed by atoms with E-state index in [1.165, 1.54) is 6.92 Å². The zero-order valence-corrected chi connectivity index (χ0v) is 17.1. The molecule has 1 N–H and O–H groups in total. The normalized spacial score (nSPS) is 25.8. The summed E-state index contributed by atoms with van der Waals surface area (Å²) in [6.07, 6.45) is 3.56. The van der Waals surface area contributed by atoms with E-state index in [0.29, 0.717) is 0 Å². The fraction of sp³-hybridized carbons (Fsp3) is 0.435. The van der Waals surface area contributed by atoms with Gasteiger partial charge in [0, 0.05) is 19.0 Å². The Labute approximate surface area is 171 Å². The van der Waals surface area contributed by atoms with Crippen molar-refractivity contribution >= 4 is 23.4 Å². The highest BCUT2D eigenvalue weighted by Gasteiger charge is 2.64. The molecule has 1 saturated carbocycles. The molecule has 1 aliphatic carbocycles. The predicted octanol–water partition coefficient (Wildman–Crippen LogP) is 3.95. The van der Waals surface area contributed by atoms with Gasteiger partial charge < -0.3 is 10.1 Å². The number of nitrogens with zero attached hydrogens (tertiary/aromatic N) is 2. The van der Waals surface area contributed by atoms with Gasteiger partial charge >= 0.3 is 5.97 Å². The summed E-state index contributed by atoms with van der Waals surface area (Å²) in [4.78, 5) is 32.5. The van der Waals surface area contributed by atoms with Crippen LogP contribution < -0.4 is 10.2 Å². The Morgan fingerprint density at radius 1 is 1.21 bits per heavy atom. The van der Waals surface area contributed by atoms with E-state index in [4.69, 9.17) is 4.74 Å².